The Morgan fingerprint density at radius 2 is 1.88 bits per heavy atom. The van der Waals surface area contributed by atoms with Gasteiger partial charge in [0.05, 0.1) is 0 Å². The van der Waals surface area contributed by atoms with Crippen molar-refractivity contribution in [3.8, 4) is 0 Å². The first kappa shape index (κ1) is 12.0. The van der Waals surface area contributed by atoms with Gasteiger partial charge in [-0.2, -0.15) is 0 Å². The van der Waals surface area contributed by atoms with Crippen molar-refractivity contribution in [2.24, 2.45) is 0 Å². The minimum Gasteiger partial charge on any atom is -0.207 e. The molecule has 0 heterocycles. The van der Waals surface area contributed by atoms with E-state index in [9.17, 15) is 8.78 Å². The molecule has 1 aromatic carbocycles. The highest BCUT2D eigenvalue weighted by atomic mass is 79.9. The highest BCUT2D eigenvalue weighted by Gasteiger charge is 2.22. The summed E-state index contributed by atoms with van der Waals surface area (Å²) in [5.41, 5.74) is 0.548. The van der Waals surface area contributed by atoms with Gasteiger partial charge in [-0.3, -0.25) is 0 Å². The van der Waals surface area contributed by atoms with Crippen LogP contribution in [0.1, 0.15) is 43.6 Å². The molecule has 1 fully saturated rings. The van der Waals surface area contributed by atoms with E-state index < -0.39 is 0 Å². The van der Waals surface area contributed by atoms with Crippen LogP contribution in [0.3, 0.4) is 0 Å². The summed E-state index contributed by atoms with van der Waals surface area (Å²) in [5.74, 6) is -0.456. The first-order valence-electron chi connectivity index (χ1n) is 5.76. The van der Waals surface area contributed by atoms with Crippen LogP contribution >= 0.6 is 15.9 Å². The van der Waals surface area contributed by atoms with Gasteiger partial charge < -0.3 is 0 Å². The molecule has 0 spiro atoms. The quantitative estimate of drug-likeness (QED) is 0.515. The Kier molecular flexibility index (Phi) is 3.95. The molecule has 1 aromatic rings. The van der Waals surface area contributed by atoms with E-state index in [1.807, 2.05) is 0 Å². The SMILES string of the molecule is Fc1ccc(F)c(C2CCCCC(Br)C2)c1. The molecular weight excluding hydrogens is 274 g/mol. The minimum absolute atomic E-state index is 0.155. The van der Waals surface area contributed by atoms with Gasteiger partial charge in [0.15, 0.2) is 0 Å². The monoisotopic (exact) mass is 288 g/mol. The largest absolute Gasteiger partial charge is 0.207 e. The van der Waals surface area contributed by atoms with Crippen LogP contribution in [-0.4, -0.2) is 4.83 Å². The Morgan fingerprint density at radius 1 is 1.12 bits per heavy atom. The zero-order valence-corrected chi connectivity index (χ0v) is 10.6. The molecular formula is C13H15BrF2. The van der Waals surface area contributed by atoms with Gasteiger partial charge in [-0.05, 0) is 48.9 Å². The maximum absolute atomic E-state index is 13.6. The molecule has 0 saturated heterocycles. The molecule has 0 aromatic heterocycles. The first-order chi connectivity index (χ1) is 7.66. The predicted octanol–water partition coefficient (Wildman–Crippen LogP) is 4.78. The number of rotatable bonds is 1. The van der Waals surface area contributed by atoms with Crippen molar-refractivity contribution in [2.45, 2.75) is 42.8 Å². The summed E-state index contributed by atoms with van der Waals surface area (Å²) in [6.45, 7) is 0. The summed E-state index contributed by atoms with van der Waals surface area (Å²) in [5, 5.41) is 0. The molecule has 16 heavy (non-hydrogen) atoms. The second kappa shape index (κ2) is 5.26. The molecule has 0 bridgehead atoms. The maximum Gasteiger partial charge on any atom is 0.126 e. The van der Waals surface area contributed by atoms with E-state index in [1.54, 1.807) is 0 Å². The molecule has 3 heteroatoms. The zero-order chi connectivity index (χ0) is 11.5. The van der Waals surface area contributed by atoms with E-state index in [0.29, 0.717) is 10.4 Å². The van der Waals surface area contributed by atoms with Gasteiger partial charge in [0.25, 0.3) is 0 Å². The van der Waals surface area contributed by atoms with E-state index in [-0.39, 0.29) is 17.6 Å². The molecule has 2 rings (SSSR count). The molecule has 0 N–H and O–H groups in total. The van der Waals surface area contributed by atoms with Crippen LogP contribution in [0.25, 0.3) is 0 Å². The molecule has 2 atom stereocenters. The first-order valence-corrected chi connectivity index (χ1v) is 6.67. The summed E-state index contributed by atoms with van der Waals surface area (Å²) in [6.07, 6.45) is 5.27. The zero-order valence-electron chi connectivity index (χ0n) is 9.06. The lowest BCUT2D eigenvalue weighted by Gasteiger charge is -2.17. The van der Waals surface area contributed by atoms with Crippen molar-refractivity contribution in [3.05, 3.63) is 35.4 Å². The smallest absolute Gasteiger partial charge is 0.126 e. The number of benzene rings is 1. The van der Waals surface area contributed by atoms with Gasteiger partial charge in [-0.25, -0.2) is 8.78 Å². The van der Waals surface area contributed by atoms with Crippen molar-refractivity contribution in [2.75, 3.05) is 0 Å². The number of halogens is 3. The summed E-state index contributed by atoms with van der Waals surface area (Å²) in [6, 6.07) is 3.77. The van der Waals surface area contributed by atoms with Crippen LogP contribution in [-0.2, 0) is 0 Å². The van der Waals surface area contributed by atoms with Gasteiger partial charge in [0.1, 0.15) is 11.6 Å². The Labute approximate surface area is 103 Å². The average Bonchev–Trinajstić information content (AvgIpc) is 2.46. The fourth-order valence-corrected chi connectivity index (χ4v) is 3.19. The summed E-state index contributed by atoms with van der Waals surface area (Å²) >= 11 is 3.60. The lowest BCUT2D eigenvalue weighted by molar-refractivity contribution is 0.529. The van der Waals surface area contributed by atoms with Crippen LogP contribution in [0.15, 0.2) is 18.2 Å². The average molecular weight is 289 g/mol. The van der Waals surface area contributed by atoms with E-state index in [2.05, 4.69) is 15.9 Å². The Morgan fingerprint density at radius 3 is 2.69 bits per heavy atom. The Hall–Kier alpha value is -0.440. The molecule has 0 aliphatic heterocycles. The third-order valence-corrected chi connectivity index (χ3v) is 4.09. The third kappa shape index (κ3) is 2.82. The normalized spacial score (nSPS) is 26.4. The highest BCUT2D eigenvalue weighted by molar-refractivity contribution is 9.09. The number of hydrogen-bond acceptors (Lipinski definition) is 0. The van der Waals surface area contributed by atoms with E-state index in [1.165, 1.54) is 24.6 Å². The lowest BCUT2D eigenvalue weighted by Crippen LogP contribution is -2.06. The van der Waals surface area contributed by atoms with E-state index in [4.69, 9.17) is 0 Å². The topological polar surface area (TPSA) is 0 Å². The Balaban J connectivity index is 2.24. The van der Waals surface area contributed by atoms with Crippen LogP contribution in [0.4, 0.5) is 8.78 Å². The third-order valence-electron chi connectivity index (χ3n) is 3.26. The highest BCUT2D eigenvalue weighted by Crippen LogP contribution is 2.35. The molecule has 88 valence electrons. The number of hydrogen-bond donors (Lipinski definition) is 0. The van der Waals surface area contributed by atoms with Crippen molar-refractivity contribution >= 4 is 15.9 Å². The van der Waals surface area contributed by atoms with Crippen molar-refractivity contribution in [1.82, 2.24) is 0 Å². The van der Waals surface area contributed by atoms with Gasteiger partial charge in [0, 0.05) is 4.83 Å². The summed E-state index contributed by atoms with van der Waals surface area (Å²) < 4.78 is 26.8. The predicted molar refractivity (Wildman–Crippen MR) is 64.9 cm³/mol. The van der Waals surface area contributed by atoms with Gasteiger partial charge >= 0.3 is 0 Å². The van der Waals surface area contributed by atoms with Crippen LogP contribution in [0, 0.1) is 11.6 Å². The molecule has 0 nitrogen and oxygen atoms in total. The number of alkyl halides is 1. The van der Waals surface area contributed by atoms with Gasteiger partial charge in [-0.1, -0.05) is 28.8 Å². The molecule has 1 aliphatic carbocycles. The minimum atomic E-state index is -0.341. The molecule has 1 aliphatic rings. The van der Waals surface area contributed by atoms with Crippen LogP contribution < -0.4 is 0 Å². The second-order valence-electron chi connectivity index (χ2n) is 4.48. The van der Waals surface area contributed by atoms with E-state index >= 15 is 0 Å². The van der Waals surface area contributed by atoms with Crippen molar-refractivity contribution in [1.29, 1.82) is 0 Å². The van der Waals surface area contributed by atoms with Gasteiger partial charge in [-0.15, -0.1) is 0 Å². The van der Waals surface area contributed by atoms with Gasteiger partial charge in [0.2, 0.25) is 0 Å². The molecule has 1 saturated carbocycles. The molecule has 0 radical (unpaired) electrons. The maximum atomic E-state index is 13.6. The second-order valence-corrected chi connectivity index (χ2v) is 5.78. The lowest BCUT2D eigenvalue weighted by atomic mass is 9.91. The van der Waals surface area contributed by atoms with E-state index in [0.717, 1.165) is 25.7 Å². The summed E-state index contributed by atoms with van der Waals surface area (Å²) in [7, 11) is 0. The molecule has 2 unspecified atom stereocenters. The fraction of sp³-hybridized carbons (Fsp3) is 0.538. The fourth-order valence-electron chi connectivity index (χ4n) is 2.41. The van der Waals surface area contributed by atoms with Crippen molar-refractivity contribution in [3.63, 3.8) is 0 Å². The standard InChI is InChI=1S/C13H15BrF2/c14-10-4-2-1-3-9(7-10)12-8-11(15)5-6-13(12)16/h5-6,8-10H,1-4,7H2. The van der Waals surface area contributed by atoms with Crippen molar-refractivity contribution < 1.29 is 8.78 Å². The molecule has 0 amide bonds. The summed E-state index contributed by atoms with van der Waals surface area (Å²) in [4.78, 5) is 0.433. The Bertz CT molecular complexity index is 365. The van der Waals surface area contributed by atoms with Crippen LogP contribution in [0.5, 0.6) is 0 Å². The van der Waals surface area contributed by atoms with Crippen LogP contribution in [0.2, 0.25) is 0 Å².